The topological polar surface area (TPSA) is 44.4 Å². The van der Waals surface area contributed by atoms with Gasteiger partial charge in [-0.25, -0.2) is 0 Å². The lowest BCUT2D eigenvalue weighted by Gasteiger charge is -2.36. The van der Waals surface area contributed by atoms with Crippen molar-refractivity contribution in [3.8, 4) is 0 Å². The highest BCUT2D eigenvalue weighted by atomic mass is 35.5. The van der Waals surface area contributed by atoms with Gasteiger partial charge in [0, 0.05) is 55.7 Å². The van der Waals surface area contributed by atoms with Crippen LogP contribution in [0.15, 0.2) is 0 Å². The van der Waals surface area contributed by atoms with Gasteiger partial charge in [0.25, 0.3) is 0 Å². The van der Waals surface area contributed by atoms with Gasteiger partial charge in [-0.2, -0.15) is 11.8 Å². The zero-order valence-corrected chi connectivity index (χ0v) is 16.2. The van der Waals surface area contributed by atoms with E-state index in [0.717, 1.165) is 31.2 Å². The largest absolute Gasteiger partial charge is 0.353 e. The second-order valence-corrected chi connectivity index (χ2v) is 7.90. The summed E-state index contributed by atoms with van der Waals surface area (Å²) in [6, 6.07) is 1.62. The molecule has 1 amide bonds. The molecule has 1 atom stereocenters. The van der Waals surface area contributed by atoms with Gasteiger partial charge in [0.1, 0.15) is 0 Å². The fourth-order valence-electron chi connectivity index (χ4n) is 3.94. The number of hydrogen-bond acceptors (Lipinski definition) is 4. The van der Waals surface area contributed by atoms with Crippen LogP contribution in [0, 0.1) is 0 Å². The van der Waals surface area contributed by atoms with Crippen molar-refractivity contribution in [2.45, 2.75) is 63.1 Å². The molecule has 3 aliphatic rings. The Balaban J connectivity index is 0.00000132. The monoisotopic (exact) mass is 383 g/mol. The fraction of sp³-hybridized carbons (Fsp3) is 0.938. The number of carbonyl (C=O) groups excluding carboxylic acids is 1. The first kappa shape index (κ1) is 21.4. The standard InChI is InChI=1S/C16H29N3OS.2ClH/c20-16(11-14-12-21-10-7-17-14)18-13-5-8-19(9-6-13)15-3-1-2-4-15;;/h13-15,17H,1-12H2,(H,18,20);2*1H. The van der Waals surface area contributed by atoms with E-state index in [0.29, 0.717) is 18.5 Å². The number of thioether (sulfide) groups is 1. The van der Waals surface area contributed by atoms with Crippen LogP contribution < -0.4 is 10.6 Å². The van der Waals surface area contributed by atoms with E-state index >= 15 is 0 Å². The minimum absolute atomic E-state index is 0. The third-order valence-electron chi connectivity index (χ3n) is 5.17. The molecule has 1 unspecified atom stereocenters. The van der Waals surface area contributed by atoms with Crippen molar-refractivity contribution >= 4 is 42.5 Å². The number of nitrogens with one attached hydrogen (secondary N) is 2. The van der Waals surface area contributed by atoms with Gasteiger partial charge in [-0.15, -0.1) is 24.8 Å². The first-order chi connectivity index (χ1) is 10.3. The normalized spacial score (nSPS) is 27.0. The number of halogens is 2. The van der Waals surface area contributed by atoms with Crippen molar-refractivity contribution in [3.05, 3.63) is 0 Å². The van der Waals surface area contributed by atoms with Gasteiger partial charge in [0.15, 0.2) is 0 Å². The lowest BCUT2D eigenvalue weighted by molar-refractivity contribution is -0.122. The highest BCUT2D eigenvalue weighted by molar-refractivity contribution is 7.99. The SMILES string of the molecule is Cl.Cl.O=C(CC1CSCCN1)NC1CCN(C2CCCC2)CC1. The van der Waals surface area contributed by atoms with E-state index in [-0.39, 0.29) is 30.7 Å². The van der Waals surface area contributed by atoms with E-state index < -0.39 is 0 Å². The van der Waals surface area contributed by atoms with Crippen molar-refractivity contribution in [1.82, 2.24) is 15.5 Å². The smallest absolute Gasteiger partial charge is 0.221 e. The number of carbonyl (C=O) groups is 1. The Morgan fingerprint density at radius 3 is 2.43 bits per heavy atom. The number of hydrogen-bond donors (Lipinski definition) is 2. The summed E-state index contributed by atoms with van der Waals surface area (Å²) in [5.74, 6) is 2.50. The van der Waals surface area contributed by atoms with Crippen molar-refractivity contribution in [3.63, 3.8) is 0 Å². The van der Waals surface area contributed by atoms with Gasteiger partial charge in [0.05, 0.1) is 0 Å². The molecule has 3 fully saturated rings. The van der Waals surface area contributed by atoms with Gasteiger partial charge in [-0.05, 0) is 25.7 Å². The van der Waals surface area contributed by atoms with E-state index in [1.165, 1.54) is 44.5 Å². The molecule has 23 heavy (non-hydrogen) atoms. The summed E-state index contributed by atoms with van der Waals surface area (Å²) in [6.45, 7) is 3.39. The molecule has 0 spiro atoms. The summed E-state index contributed by atoms with van der Waals surface area (Å²) in [6.07, 6.45) is 8.52. The predicted molar refractivity (Wildman–Crippen MR) is 103 cm³/mol. The number of rotatable bonds is 4. The molecule has 1 aliphatic carbocycles. The van der Waals surface area contributed by atoms with Crippen LogP contribution in [-0.2, 0) is 4.79 Å². The lowest BCUT2D eigenvalue weighted by Crippen LogP contribution is -2.49. The molecular weight excluding hydrogens is 353 g/mol. The van der Waals surface area contributed by atoms with Gasteiger partial charge in [0.2, 0.25) is 5.91 Å². The van der Waals surface area contributed by atoms with Crippen molar-refractivity contribution in [2.24, 2.45) is 0 Å². The van der Waals surface area contributed by atoms with E-state index in [4.69, 9.17) is 0 Å². The molecule has 2 aliphatic heterocycles. The van der Waals surface area contributed by atoms with Crippen LogP contribution >= 0.6 is 36.6 Å². The number of nitrogens with zero attached hydrogens (tertiary/aromatic N) is 1. The predicted octanol–water partition coefficient (Wildman–Crippen LogP) is 2.45. The van der Waals surface area contributed by atoms with Crippen LogP contribution in [0.1, 0.15) is 44.9 Å². The molecule has 1 saturated carbocycles. The minimum Gasteiger partial charge on any atom is -0.353 e. The second-order valence-electron chi connectivity index (χ2n) is 6.75. The van der Waals surface area contributed by atoms with Crippen LogP contribution in [0.3, 0.4) is 0 Å². The quantitative estimate of drug-likeness (QED) is 0.782. The third-order valence-corrected chi connectivity index (χ3v) is 6.30. The molecule has 0 aromatic heterocycles. The molecule has 136 valence electrons. The first-order valence-corrected chi connectivity index (χ1v) is 9.81. The Morgan fingerprint density at radius 1 is 1.13 bits per heavy atom. The van der Waals surface area contributed by atoms with Crippen molar-refractivity contribution in [2.75, 3.05) is 31.1 Å². The third kappa shape index (κ3) is 6.62. The van der Waals surface area contributed by atoms with Crippen LogP contribution in [0.25, 0.3) is 0 Å². The van der Waals surface area contributed by atoms with Crippen molar-refractivity contribution in [1.29, 1.82) is 0 Å². The van der Waals surface area contributed by atoms with E-state index in [1.807, 2.05) is 11.8 Å². The number of amides is 1. The fourth-order valence-corrected chi connectivity index (χ4v) is 4.89. The summed E-state index contributed by atoms with van der Waals surface area (Å²) in [4.78, 5) is 14.8. The Hall–Kier alpha value is 0.320. The number of likely N-dealkylation sites (tertiary alicyclic amines) is 1. The second kappa shape index (κ2) is 11.0. The minimum atomic E-state index is 0. The average Bonchev–Trinajstić information content (AvgIpc) is 3.03. The van der Waals surface area contributed by atoms with Crippen LogP contribution in [0.5, 0.6) is 0 Å². The Labute approximate surface area is 157 Å². The van der Waals surface area contributed by atoms with E-state index in [1.54, 1.807) is 0 Å². The van der Waals surface area contributed by atoms with Crippen LogP contribution in [0.2, 0.25) is 0 Å². The summed E-state index contributed by atoms with van der Waals surface area (Å²) >= 11 is 1.96. The molecule has 7 heteroatoms. The lowest BCUT2D eigenvalue weighted by atomic mass is 10.0. The van der Waals surface area contributed by atoms with Crippen LogP contribution in [0.4, 0.5) is 0 Å². The van der Waals surface area contributed by atoms with Crippen LogP contribution in [-0.4, -0.2) is 60.1 Å². The molecule has 3 rings (SSSR count). The van der Waals surface area contributed by atoms with Gasteiger partial charge >= 0.3 is 0 Å². The zero-order valence-electron chi connectivity index (χ0n) is 13.8. The molecule has 0 bridgehead atoms. The Kier molecular flexibility index (Phi) is 10.3. The summed E-state index contributed by atoms with van der Waals surface area (Å²) in [7, 11) is 0. The molecule has 4 nitrogen and oxygen atoms in total. The maximum absolute atomic E-state index is 12.1. The zero-order chi connectivity index (χ0) is 14.5. The summed E-state index contributed by atoms with van der Waals surface area (Å²) in [5.41, 5.74) is 0. The summed E-state index contributed by atoms with van der Waals surface area (Å²) in [5, 5.41) is 6.70. The van der Waals surface area contributed by atoms with Gasteiger partial charge in [-0.3, -0.25) is 4.79 Å². The molecule has 0 aromatic carbocycles. The molecular formula is C16H31Cl2N3OS. The highest BCUT2D eigenvalue weighted by Crippen LogP contribution is 2.26. The molecule has 2 N–H and O–H groups in total. The molecule has 2 heterocycles. The molecule has 0 radical (unpaired) electrons. The Bertz CT molecular complexity index is 342. The maximum Gasteiger partial charge on any atom is 0.221 e. The summed E-state index contributed by atoms with van der Waals surface area (Å²) < 4.78 is 0. The highest BCUT2D eigenvalue weighted by Gasteiger charge is 2.28. The maximum atomic E-state index is 12.1. The van der Waals surface area contributed by atoms with E-state index in [2.05, 4.69) is 15.5 Å². The van der Waals surface area contributed by atoms with E-state index in [9.17, 15) is 4.79 Å². The number of piperidine rings is 1. The van der Waals surface area contributed by atoms with Gasteiger partial charge in [-0.1, -0.05) is 12.8 Å². The van der Waals surface area contributed by atoms with Crippen molar-refractivity contribution < 1.29 is 4.79 Å². The molecule has 0 aromatic rings. The average molecular weight is 384 g/mol. The van der Waals surface area contributed by atoms with Gasteiger partial charge < -0.3 is 15.5 Å². The molecule has 2 saturated heterocycles. The first-order valence-electron chi connectivity index (χ1n) is 8.66. The Morgan fingerprint density at radius 2 is 1.83 bits per heavy atom.